The van der Waals surface area contributed by atoms with E-state index >= 15 is 0 Å². The quantitative estimate of drug-likeness (QED) is 0.191. The van der Waals surface area contributed by atoms with Gasteiger partial charge in [0.2, 0.25) is 5.91 Å². The van der Waals surface area contributed by atoms with Crippen LogP contribution in [0, 0.1) is 0 Å². The van der Waals surface area contributed by atoms with Crippen molar-refractivity contribution in [2.45, 2.75) is 76.3 Å². The molecule has 238 valence electrons. The van der Waals surface area contributed by atoms with Crippen LogP contribution in [0.2, 0.25) is 0 Å². The normalized spacial score (nSPS) is 14.3. The van der Waals surface area contributed by atoms with Crippen LogP contribution in [0.5, 0.6) is 5.75 Å². The average molecular weight is 617 g/mol. The number of methoxy groups -OCH3 is 1. The highest BCUT2D eigenvalue weighted by molar-refractivity contribution is 5.92. The van der Waals surface area contributed by atoms with Crippen molar-refractivity contribution in [1.82, 2.24) is 10.6 Å². The molecule has 1 saturated carbocycles. The first kappa shape index (κ1) is 33.0. The van der Waals surface area contributed by atoms with Crippen LogP contribution in [0.4, 0.5) is 4.79 Å². The number of alkyl carbamates (subject to hydrolysis) is 1. The zero-order chi connectivity index (χ0) is 31.9. The Balaban J connectivity index is 1.45. The number of esters is 2. The van der Waals surface area contributed by atoms with Gasteiger partial charge in [-0.15, -0.1) is 0 Å². The minimum Gasteiger partial charge on any atom is -0.497 e. The first-order valence-electron chi connectivity index (χ1n) is 15.2. The van der Waals surface area contributed by atoms with E-state index in [-0.39, 0.29) is 25.7 Å². The summed E-state index contributed by atoms with van der Waals surface area (Å²) in [7, 11) is 1.56. The molecule has 10 nitrogen and oxygen atoms in total. The van der Waals surface area contributed by atoms with E-state index in [0.717, 1.165) is 48.8 Å². The zero-order valence-corrected chi connectivity index (χ0v) is 25.4. The third kappa shape index (κ3) is 11.3. The lowest BCUT2D eigenvalue weighted by Gasteiger charge is -2.25. The molecular formula is C35H40N2O8. The van der Waals surface area contributed by atoms with E-state index in [1.54, 1.807) is 43.5 Å². The molecular weight excluding hydrogens is 576 g/mol. The topological polar surface area (TPSA) is 129 Å². The highest BCUT2D eigenvalue weighted by atomic mass is 16.6. The van der Waals surface area contributed by atoms with E-state index in [4.69, 9.17) is 18.9 Å². The van der Waals surface area contributed by atoms with E-state index in [1.807, 2.05) is 48.5 Å². The molecule has 1 aliphatic rings. The fourth-order valence-electron chi connectivity index (χ4n) is 4.99. The van der Waals surface area contributed by atoms with Gasteiger partial charge in [-0.25, -0.2) is 9.59 Å². The number of amides is 2. The highest BCUT2D eigenvalue weighted by Crippen LogP contribution is 2.21. The Hall–Kier alpha value is -4.86. The molecule has 2 amide bonds. The van der Waals surface area contributed by atoms with Crippen molar-refractivity contribution in [3.63, 3.8) is 0 Å². The van der Waals surface area contributed by atoms with Gasteiger partial charge in [-0.05, 0) is 54.5 Å². The molecule has 10 heteroatoms. The van der Waals surface area contributed by atoms with Crippen molar-refractivity contribution in [3.05, 3.63) is 102 Å². The number of hydrogen-bond acceptors (Lipinski definition) is 8. The number of rotatable bonds is 14. The van der Waals surface area contributed by atoms with Crippen molar-refractivity contribution in [2.24, 2.45) is 0 Å². The van der Waals surface area contributed by atoms with Gasteiger partial charge in [0.1, 0.15) is 37.2 Å². The van der Waals surface area contributed by atoms with Crippen molar-refractivity contribution in [2.75, 3.05) is 7.11 Å². The Kier molecular flexibility index (Phi) is 12.8. The third-order valence-corrected chi connectivity index (χ3v) is 7.47. The van der Waals surface area contributed by atoms with Gasteiger partial charge < -0.3 is 29.6 Å². The maximum absolute atomic E-state index is 13.6. The van der Waals surface area contributed by atoms with Crippen molar-refractivity contribution >= 4 is 23.9 Å². The third-order valence-electron chi connectivity index (χ3n) is 7.47. The molecule has 1 aliphatic carbocycles. The molecule has 0 spiro atoms. The van der Waals surface area contributed by atoms with E-state index in [2.05, 4.69) is 10.6 Å². The first-order chi connectivity index (χ1) is 21.9. The second kappa shape index (κ2) is 17.4. The molecule has 0 radical (unpaired) electrons. The number of nitrogens with one attached hydrogen (secondary N) is 2. The van der Waals surface area contributed by atoms with E-state index in [9.17, 15) is 19.2 Å². The summed E-state index contributed by atoms with van der Waals surface area (Å²) in [6.45, 7) is -0.0486. The molecule has 1 fully saturated rings. The molecule has 3 aromatic carbocycles. The molecule has 0 aliphatic heterocycles. The summed E-state index contributed by atoms with van der Waals surface area (Å²) in [5, 5.41) is 5.19. The van der Waals surface area contributed by atoms with Crippen LogP contribution in [-0.4, -0.2) is 49.2 Å². The Morgan fingerprint density at radius 3 is 1.96 bits per heavy atom. The summed E-state index contributed by atoms with van der Waals surface area (Å²) in [6, 6.07) is 22.8. The maximum Gasteiger partial charge on any atom is 0.408 e. The number of benzene rings is 3. The SMILES string of the molecule is COc1ccc(COC(=O)[C@H](Cc2ccccc2)NC(=O)[C@H](CC(=O)OC2CCCCC2)NC(=O)OCc2ccccc2)cc1. The fourth-order valence-corrected chi connectivity index (χ4v) is 4.99. The second-order valence-electron chi connectivity index (χ2n) is 10.9. The van der Waals surface area contributed by atoms with E-state index in [1.165, 1.54) is 0 Å². The van der Waals surface area contributed by atoms with Gasteiger partial charge in [0.05, 0.1) is 13.5 Å². The van der Waals surface area contributed by atoms with Crippen LogP contribution < -0.4 is 15.4 Å². The smallest absolute Gasteiger partial charge is 0.408 e. The molecule has 4 rings (SSSR count). The number of carbonyl (C=O) groups excluding carboxylic acids is 4. The summed E-state index contributed by atoms with van der Waals surface area (Å²) in [4.78, 5) is 52.6. The average Bonchev–Trinajstić information content (AvgIpc) is 3.07. The summed E-state index contributed by atoms with van der Waals surface area (Å²) in [6.07, 6.45) is 3.13. The lowest BCUT2D eigenvalue weighted by molar-refractivity contribution is -0.152. The van der Waals surface area contributed by atoms with Gasteiger partial charge in [-0.1, -0.05) is 79.2 Å². The first-order valence-corrected chi connectivity index (χ1v) is 15.2. The minimum atomic E-state index is -1.35. The Bertz CT molecular complexity index is 1380. The highest BCUT2D eigenvalue weighted by Gasteiger charge is 2.31. The molecule has 0 unspecified atom stereocenters. The fraction of sp³-hybridized carbons (Fsp3) is 0.371. The molecule has 3 aromatic rings. The maximum atomic E-state index is 13.6. The minimum absolute atomic E-state index is 0.0226. The predicted molar refractivity (Wildman–Crippen MR) is 166 cm³/mol. The van der Waals surface area contributed by atoms with Crippen LogP contribution in [0.15, 0.2) is 84.9 Å². The van der Waals surface area contributed by atoms with Crippen molar-refractivity contribution in [1.29, 1.82) is 0 Å². The van der Waals surface area contributed by atoms with Crippen LogP contribution in [0.25, 0.3) is 0 Å². The van der Waals surface area contributed by atoms with Crippen molar-refractivity contribution < 1.29 is 38.1 Å². The molecule has 0 saturated heterocycles. The van der Waals surface area contributed by atoms with Crippen LogP contribution in [0.3, 0.4) is 0 Å². The Morgan fingerprint density at radius 1 is 0.711 bits per heavy atom. The summed E-state index contributed by atoms with van der Waals surface area (Å²) in [5.74, 6) is -1.36. The molecule has 2 N–H and O–H groups in total. The Morgan fingerprint density at radius 2 is 1.31 bits per heavy atom. The lowest BCUT2D eigenvalue weighted by Crippen LogP contribution is -2.53. The monoisotopic (exact) mass is 616 g/mol. The van der Waals surface area contributed by atoms with Crippen LogP contribution in [-0.2, 0) is 48.2 Å². The largest absolute Gasteiger partial charge is 0.497 e. The standard InChI is InChI=1S/C35H40N2O8/c1-42-28-19-17-27(18-20-28)23-43-34(40)31(21-25-11-5-2-6-12-25)36-33(39)30(22-32(38)45-29-15-9-4-10-16-29)37-35(41)44-24-26-13-7-3-8-14-26/h2-3,5-8,11-14,17-20,29-31H,4,9-10,15-16,21-24H2,1H3,(H,36,39)(H,37,41)/t30-,31-/m0/s1. The summed E-state index contributed by atoms with van der Waals surface area (Å²) < 4.78 is 21.7. The number of carbonyl (C=O) groups is 4. The summed E-state index contributed by atoms with van der Waals surface area (Å²) >= 11 is 0. The van der Waals surface area contributed by atoms with Gasteiger partial charge in [-0.2, -0.15) is 0 Å². The molecule has 45 heavy (non-hydrogen) atoms. The molecule has 0 heterocycles. The zero-order valence-electron chi connectivity index (χ0n) is 25.4. The van der Waals surface area contributed by atoms with Crippen LogP contribution in [0.1, 0.15) is 55.2 Å². The Labute approximate surface area is 263 Å². The molecule has 0 bridgehead atoms. The van der Waals surface area contributed by atoms with Gasteiger partial charge in [-0.3, -0.25) is 9.59 Å². The number of ether oxygens (including phenoxy) is 4. The van der Waals surface area contributed by atoms with Gasteiger partial charge in [0.25, 0.3) is 0 Å². The second-order valence-corrected chi connectivity index (χ2v) is 10.9. The van der Waals surface area contributed by atoms with Gasteiger partial charge >= 0.3 is 18.0 Å². The van der Waals surface area contributed by atoms with E-state index < -0.39 is 42.4 Å². The van der Waals surface area contributed by atoms with E-state index in [0.29, 0.717) is 5.75 Å². The molecule has 2 atom stereocenters. The lowest BCUT2D eigenvalue weighted by atomic mass is 9.98. The number of hydrogen-bond donors (Lipinski definition) is 2. The molecule has 0 aromatic heterocycles. The summed E-state index contributed by atoms with van der Waals surface area (Å²) in [5.41, 5.74) is 2.28. The van der Waals surface area contributed by atoms with Crippen molar-refractivity contribution in [3.8, 4) is 5.75 Å². The van der Waals surface area contributed by atoms with Gasteiger partial charge in [0, 0.05) is 6.42 Å². The van der Waals surface area contributed by atoms with Crippen LogP contribution >= 0.6 is 0 Å². The van der Waals surface area contributed by atoms with Gasteiger partial charge in [0.15, 0.2) is 0 Å². The predicted octanol–water partition coefficient (Wildman–Crippen LogP) is 5.03.